The van der Waals surface area contributed by atoms with Crippen LogP contribution >= 0.6 is 11.6 Å². The van der Waals surface area contributed by atoms with Crippen LogP contribution in [0.1, 0.15) is 24.7 Å². The number of hydrogen-bond donors (Lipinski definition) is 1. The predicted octanol–water partition coefficient (Wildman–Crippen LogP) is 2.53. The average Bonchev–Trinajstić information content (AvgIpc) is 3.02. The van der Waals surface area contributed by atoms with Gasteiger partial charge in [-0.3, -0.25) is 0 Å². The van der Waals surface area contributed by atoms with Gasteiger partial charge in [0.2, 0.25) is 0 Å². The molecule has 0 atom stereocenters. The number of fused-ring (bicyclic) bond motifs is 1. The lowest BCUT2D eigenvalue weighted by molar-refractivity contribution is 0.696. The lowest BCUT2D eigenvalue weighted by Gasteiger charge is -2.06. The Morgan fingerprint density at radius 2 is 2.25 bits per heavy atom. The molecule has 0 aliphatic heterocycles. The van der Waals surface area contributed by atoms with E-state index in [1.807, 2.05) is 12.1 Å². The highest BCUT2D eigenvalue weighted by Crippen LogP contribution is 2.39. The van der Waals surface area contributed by atoms with Crippen LogP contribution in [0.25, 0.3) is 11.0 Å². The molecule has 16 heavy (non-hydrogen) atoms. The highest BCUT2D eigenvalue weighted by Gasteiger charge is 2.27. The molecule has 0 spiro atoms. The fraction of sp³-hybridized carbons (Fsp3) is 0.417. The second-order valence-corrected chi connectivity index (χ2v) is 4.74. The Bertz CT molecular complexity index is 528. The fourth-order valence-corrected chi connectivity index (χ4v) is 2.33. The van der Waals surface area contributed by atoms with Gasteiger partial charge in [0.1, 0.15) is 5.82 Å². The second-order valence-electron chi connectivity index (χ2n) is 4.30. The normalized spacial score (nSPS) is 15.9. The number of hydrogen-bond acceptors (Lipinski definition) is 2. The summed E-state index contributed by atoms with van der Waals surface area (Å²) >= 11 is 5.98. The second kappa shape index (κ2) is 3.75. The van der Waals surface area contributed by atoms with E-state index in [1.54, 1.807) is 0 Å². The Kier molecular flexibility index (Phi) is 2.37. The van der Waals surface area contributed by atoms with Gasteiger partial charge in [0.15, 0.2) is 0 Å². The number of halogens is 1. The van der Waals surface area contributed by atoms with Crippen LogP contribution in [0.15, 0.2) is 18.2 Å². The van der Waals surface area contributed by atoms with E-state index < -0.39 is 0 Å². The standard InChI is InChI=1S/C12H14ClN3/c13-8-1-4-11-10(7-8)15-12(5-6-14)16(11)9-2-3-9/h1,4,7,9H,2-3,5-6,14H2. The molecule has 1 aliphatic rings. The molecular weight excluding hydrogens is 222 g/mol. The van der Waals surface area contributed by atoms with E-state index in [1.165, 1.54) is 18.4 Å². The van der Waals surface area contributed by atoms with Crippen LogP contribution in [0.2, 0.25) is 5.02 Å². The van der Waals surface area contributed by atoms with E-state index in [-0.39, 0.29) is 0 Å². The van der Waals surface area contributed by atoms with E-state index in [9.17, 15) is 0 Å². The summed E-state index contributed by atoms with van der Waals surface area (Å²) in [7, 11) is 0. The summed E-state index contributed by atoms with van der Waals surface area (Å²) in [4.78, 5) is 4.62. The highest BCUT2D eigenvalue weighted by molar-refractivity contribution is 6.31. The third-order valence-corrected chi connectivity index (χ3v) is 3.24. The number of nitrogens with two attached hydrogens (primary N) is 1. The number of benzene rings is 1. The predicted molar refractivity (Wildman–Crippen MR) is 65.8 cm³/mol. The van der Waals surface area contributed by atoms with Crippen LogP contribution < -0.4 is 5.73 Å². The fourth-order valence-electron chi connectivity index (χ4n) is 2.17. The minimum absolute atomic E-state index is 0.632. The number of imidazole rings is 1. The molecule has 0 radical (unpaired) electrons. The van der Waals surface area contributed by atoms with Crippen molar-refractivity contribution in [3.63, 3.8) is 0 Å². The van der Waals surface area contributed by atoms with Crippen molar-refractivity contribution < 1.29 is 0 Å². The van der Waals surface area contributed by atoms with Crippen LogP contribution in [0, 0.1) is 0 Å². The monoisotopic (exact) mass is 235 g/mol. The summed E-state index contributed by atoms with van der Waals surface area (Å²) in [6, 6.07) is 6.54. The lowest BCUT2D eigenvalue weighted by atomic mass is 10.3. The first-order valence-corrected chi connectivity index (χ1v) is 6.04. The molecule has 3 nitrogen and oxygen atoms in total. The van der Waals surface area contributed by atoms with Gasteiger partial charge in [0.25, 0.3) is 0 Å². The summed E-state index contributed by atoms with van der Waals surface area (Å²) < 4.78 is 2.33. The maximum absolute atomic E-state index is 5.98. The molecule has 1 aliphatic carbocycles. The van der Waals surface area contributed by atoms with Gasteiger partial charge in [-0.25, -0.2) is 4.98 Å². The number of rotatable bonds is 3. The first-order chi connectivity index (χ1) is 7.79. The molecule has 0 saturated heterocycles. The molecule has 2 N–H and O–H groups in total. The third-order valence-electron chi connectivity index (χ3n) is 3.00. The Morgan fingerprint density at radius 3 is 2.94 bits per heavy atom. The van der Waals surface area contributed by atoms with E-state index >= 15 is 0 Å². The van der Waals surface area contributed by atoms with Crippen LogP contribution in [-0.2, 0) is 6.42 Å². The number of aromatic nitrogens is 2. The minimum atomic E-state index is 0.632. The number of nitrogens with zero attached hydrogens (tertiary/aromatic N) is 2. The van der Waals surface area contributed by atoms with Crippen molar-refractivity contribution >= 4 is 22.6 Å². The third kappa shape index (κ3) is 1.60. The van der Waals surface area contributed by atoms with E-state index in [2.05, 4.69) is 15.6 Å². The van der Waals surface area contributed by atoms with Crippen molar-refractivity contribution in [2.45, 2.75) is 25.3 Å². The molecule has 4 heteroatoms. The van der Waals surface area contributed by atoms with E-state index in [0.717, 1.165) is 22.8 Å². The van der Waals surface area contributed by atoms with Gasteiger partial charge in [0, 0.05) is 17.5 Å². The molecule has 1 heterocycles. The molecule has 2 aromatic rings. The first-order valence-electron chi connectivity index (χ1n) is 5.66. The molecule has 0 bridgehead atoms. The Labute approximate surface area is 99.2 Å². The van der Waals surface area contributed by atoms with Crippen molar-refractivity contribution in [3.8, 4) is 0 Å². The Balaban J connectivity index is 2.20. The minimum Gasteiger partial charge on any atom is -0.330 e. The molecule has 84 valence electrons. The van der Waals surface area contributed by atoms with Crippen LogP contribution in [0.5, 0.6) is 0 Å². The molecule has 1 fully saturated rings. The molecule has 3 rings (SSSR count). The van der Waals surface area contributed by atoms with Crippen LogP contribution in [-0.4, -0.2) is 16.1 Å². The van der Waals surface area contributed by atoms with Gasteiger partial charge < -0.3 is 10.3 Å². The van der Waals surface area contributed by atoms with Crippen molar-refractivity contribution in [2.24, 2.45) is 5.73 Å². The van der Waals surface area contributed by atoms with Crippen molar-refractivity contribution in [3.05, 3.63) is 29.0 Å². The maximum atomic E-state index is 5.98. The van der Waals surface area contributed by atoms with Gasteiger partial charge >= 0.3 is 0 Å². The van der Waals surface area contributed by atoms with Crippen molar-refractivity contribution in [1.29, 1.82) is 0 Å². The average molecular weight is 236 g/mol. The first kappa shape index (κ1) is 10.1. The van der Waals surface area contributed by atoms with Gasteiger partial charge in [-0.05, 0) is 37.6 Å². The maximum Gasteiger partial charge on any atom is 0.111 e. The molecule has 0 amide bonds. The molecular formula is C12H14ClN3. The van der Waals surface area contributed by atoms with E-state index in [4.69, 9.17) is 17.3 Å². The SMILES string of the molecule is NCCc1nc2cc(Cl)ccc2n1C1CC1. The van der Waals surface area contributed by atoms with E-state index in [0.29, 0.717) is 12.6 Å². The Morgan fingerprint density at radius 1 is 1.44 bits per heavy atom. The van der Waals surface area contributed by atoms with Gasteiger partial charge in [-0.2, -0.15) is 0 Å². The topological polar surface area (TPSA) is 43.8 Å². The van der Waals surface area contributed by atoms with Gasteiger partial charge in [-0.1, -0.05) is 11.6 Å². The zero-order valence-electron chi connectivity index (χ0n) is 8.99. The largest absolute Gasteiger partial charge is 0.330 e. The summed E-state index contributed by atoms with van der Waals surface area (Å²) in [5, 5.41) is 0.743. The van der Waals surface area contributed by atoms with Gasteiger partial charge in [0.05, 0.1) is 11.0 Å². The summed E-state index contributed by atoms with van der Waals surface area (Å²) in [5.74, 6) is 1.10. The van der Waals surface area contributed by atoms with Crippen LogP contribution in [0.4, 0.5) is 0 Å². The molecule has 1 aromatic carbocycles. The van der Waals surface area contributed by atoms with Gasteiger partial charge in [-0.15, -0.1) is 0 Å². The highest BCUT2D eigenvalue weighted by atomic mass is 35.5. The van der Waals surface area contributed by atoms with Crippen molar-refractivity contribution in [2.75, 3.05) is 6.54 Å². The zero-order chi connectivity index (χ0) is 11.1. The zero-order valence-corrected chi connectivity index (χ0v) is 9.74. The summed E-state index contributed by atoms with van der Waals surface area (Å²) in [6.07, 6.45) is 3.35. The van der Waals surface area contributed by atoms with Crippen molar-refractivity contribution in [1.82, 2.24) is 9.55 Å². The summed E-state index contributed by atoms with van der Waals surface area (Å²) in [5.41, 5.74) is 7.80. The molecule has 1 saturated carbocycles. The lowest BCUT2D eigenvalue weighted by Crippen LogP contribution is -2.09. The van der Waals surface area contributed by atoms with Crippen LogP contribution in [0.3, 0.4) is 0 Å². The molecule has 1 aromatic heterocycles. The molecule has 0 unspecified atom stereocenters. The summed E-state index contributed by atoms with van der Waals surface area (Å²) in [6.45, 7) is 0.643. The quantitative estimate of drug-likeness (QED) is 0.889. The Hall–Kier alpha value is -1.06. The smallest absolute Gasteiger partial charge is 0.111 e.